The van der Waals surface area contributed by atoms with Gasteiger partial charge in [-0.15, -0.1) is 0 Å². The number of amides is 1. The Bertz CT molecular complexity index is 903. The maximum atomic E-state index is 12.1. The van der Waals surface area contributed by atoms with E-state index < -0.39 is 0 Å². The Morgan fingerprint density at radius 3 is 2.54 bits per heavy atom. The number of nitrogens with zero attached hydrogens (tertiary/aromatic N) is 2. The van der Waals surface area contributed by atoms with Crippen molar-refractivity contribution < 1.29 is 14.1 Å². The molecule has 0 atom stereocenters. The van der Waals surface area contributed by atoms with Crippen LogP contribution in [0, 0.1) is 5.92 Å². The van der Waals surface area contributed by atoms with Crippen LogP contribution in [-0.4, -0.2) is 23.2 Å². The number of ether oxygens (including phenoxy) is 1. The molecular weight excluding hydrogens is 330 g/mol. The van der Waals surface area contributed by atoms with E-state index in [1.165, 1.54) is 0 Å². The third kappa shape index (κ3) is 3.91. The van der Waals surface area contributed by atoms with Gasteiger partial charge in [0.25, 0.3) is 5.89 Å². The van der Waals surface area contributed by atoms with Gasteiger partial charge in [-0.25, -0.2) is 0 Å². The van der Waals surface area contributed by atoms with Gasteiger partial charge in [0, 0.05) is 6.42 Å². The highest BCUT2D eigenvalue weighted by Crippen LogP contribution is 2.31. The van der Waals surface area contributed by atoms with Gasteiger partial charge in [0.1, 0.15) is 5.75 Å². The van der Waals surface area contributed by atoms with Crippen LogP contribution in [0.5, 0.6) is 5.75 Å². The van der Waals surface area contributed by atoms with Crippen molar-refractivity contribution in [3.63, 3.8) is 0 Å². The fraction of sp³-hybridized carbons (Fsp3) is 0.250. The van der Waals surface area contributed by atoms with E-state index in [4.69, 9.17) is 9.26 Å². The number of hydrogen-bond donors (Lipinski definition) is 1. The average Bonchev–Trinajstić information content (AvgIpc) is 3.11. The molecule has 0 fully saturated rings. The SMILES string of the molecule is COc1ccccc1-c1noc(-c2ccccc2NC(=O)CC(C)C)n1. The van der Waals surface area contributed by atoms with E-state index in [1.807, 2.05) is 62.4 Å². The van der Waals surface area contributed by atoms with Gasteiger partial charge in [0.15, 0.2) is 0 Å². The summed E-state index contributed by atoms with van der Waals surface area (Å²) in [6.45, 7) is 4.01. The summed E-state index contributed by atoms with van der Waals surface area (Å²) < 4.78 is 10.8. The smallest absolute Gasteiger partial charge is 0.260 e. The lowest BCUT2D eigenvalue weighted by atomic mass is 10.1. The normalized spacial score (nSPS) is 10.8. The first-order chi connectivity index (χ1) is 12.6. The quantitative estimate of drug-likeness (QED) is 0.712. The predicted octanol–water partition coefficient (Wildman–Crippen LogP) is 4.40. The second-order valence-corrected chi connectivity index (χ2v) is 6.32. The molecule has 0 saturated heterocycles. The molecule has 3 rings (SSSR count). The zero-order valence-corrected chi connectivity index (χ0v) is 15.0. The topological polar surface area (TPSA) is 77.3 Å². The van der Waals surface area contributed by atoms with Gasteiger partial charge in [-0.2, -0.15) is 4.98 Å². The molecular formula is C20H21N3O3. The third-order valence-corrected chi connectivity index (χ3v) is 3.80. The summed E-state index contributed by atoms with van der Waals surface area (Å²) in [6.07, 6.45) is 0.449. The number of nitrogens with one attached hydrogen (secondary N) is 1. The Morgan fingerprint density at radius 2 is 1.81 bits per heavy atom. The van der Waals surface area contributed by atoms with Crippen LogP contribution in [-0.2, 0) is 4.79 Å². The van der Waals surface area contributed by atoms with Gasteiger partial charge in [0.05, 0.1) is 23.9 Å². The van der Waals surface area contributed by atoms with Crippen LogP contribution in [0.3, 0.4) is 0 Å². The molecule has 0 aliphatic heterocycles. The fourth-order valence-electron chi connectivity index (χ4n) is 2.62. The Kier molecular flexibility index (Phi) is 5.31. The van der Waals surface area contributed by atoms with Crippen LogP contribution in [0.15, 0.2) is 53.1 Å². The zero-order chi connectivity index (χ0) is 18.5. The van der Waals surface area contributed by atoms with Crippen molar-refractivity contribution >= 4 is 11.6 Å². The first-order valence-electron chi connectivity index (χ1n) is 8.45. The molecule has 0 bridgehead atoms. The molecule has 1 aromatic heterocycles. The minimum Gasteiger partial charge on any atom is -0.496 e. The van der Waals surface area contributed by atoms with E-state index >= 15 is 0 Å². The van der Waals surface area contributed by atoms with E-state index in [2.05, 4.69) is 15.5 Å². The van der Waals surface area contributed by atoms with E-state index in [9.17, 15) is 4.79 Å². The van der Waals surface area contributed by atoms with Gasteiger partial charge in [-0.1, -0.05) is 43.3 Å². The molecule has 1 amide bonds. The highest BCUT2D eigenvalue weighted by molar-refractivity contribution is 5.94. The van der Waals surface area contributed by atoms with Gasteiger partial charge < -0.3 is 14.6 Å². The van der Waals surface area contributed by atoms with Crippen molar-refractivity contribution in [3.05, 3.63) is 48.5 Å². The average molecular weight is 351 g/mol. The Hall–Kier alpha value is -3.15. The van der Waals surface area contributed by atoms with Crippen LogP contribution < -0.4 is 10.1 Å². The molecule has 0 saturated carbocycles. The first-order valence-corrected chi connectivity index (χ1v) is 8.45. The summed E-state index contributed by atoms with van der Waals surface area (Å²) in [7, 11) is 1.60. The van der Waals surface area contributed by atoms with Crippen LogP contribution in [0.4, 0.5) is 5.69 Å². The van der Waals surface area contributed by atoms with Crippen molar-refractivity contribution in [1.82, 2.24) is 10.1 Å². The van der Waals surface area contributed by atoms with Crippen LogP contribution in [0.1, 0.15) is 20.3 Å². The maximum Gasteiger partial charge on any atom is 0.260 e. The van der Waals surface area contributed by atoms with Crippen molar-refractivity contribution in [1.29, 1.82) is 0 Å². The van der Waals surface area contributed by atoms with Gasteiger partial charge in [-0.05, 0) is 30.2 Å². The second kappa shape index (κ2) is 7.82. The van der Waals surface area contributed by atoms with E-state index in [-0.39, 0.29) is 11.8 Å². The number of hydrogen-bond acceptors (Lipinski definition) is 5. The van der Waals surface area contributed by atoms with Gasteiger partial charge in [0.2, 0.25) is 11.7 Å². The lowest BCUT2D eigenvalue weighted by molar-refractivity contribution is -0.116. The Labute approximate surface area is 152 Å². The molecule has 6 nitrogen and oxygen atoms in total. The summed E-state index contributed by atoms with van der Waals surface area (Å²) in [5, 5.41) is 6.98. The molecule has 2 aromatic carbocycles. The van der Waals surface area contributed by atoms with Crippen molar-refractivity contribution in [3.8, 4) is 28.6 Å². The molecule has 1 heterocycles. The lowest BCUT2D eigenvalue weighted by Gasteiger charge is -2.09. The summed E-state index contributed by atoms with van der Waals surface area (Å²) in [5.74, 6) is 1.67. The van der Waals surface area contributed by atoms with E-state index in [0.717, 1.165) is 5.56 Å². The van der Waals surface area contributed by atoms with Crippen LogP contribution in [0.2, 0.25) is 0 Å². The minimum atomic E-state index is -0.0445. The Balaban J connectivity index is 1.91. The zero-order valence-electron chi connectivity index (χ0n) is 15.0. The number of methoxy groups -OCH3 is 1. The lowest BCUT2D eigenvalue weighted by Crippen LogP contribution is -2.14. The predicted molar refractivity (Wildman–Crippen MR) is 99.8 cm³/mol. The molecule has 0 radical (unpaired) electrons. The van der Waals surface area contributed by atoms with E-state index in [1.54, 1.807) is 7.11 Å². The van der Waals surface area contributed by atoms with Gasteiger partial charge >= 0.3 is 0 Å². The number of anilines is 1. The number of para-hydroxylation sites is 2. The largest absolute Gasteiger partial charge is 0.496 e. The highest BCUT2D eigenvalue weighted by Gasteiger charge is 2.17. The van der Waals surface area contributed by atoms with Crippen molar-refractivity contribution in [2.45, 2.75) is 20.3 Å². The minimum absolute atomic E-state index is 0.0445. The second-order valence-electron chi connectivity index (χ2n) is 6.32. The summed E-state index contributed by atoms with van der Waals surface area (Å²) in [6, 6.07) is 14.8. The summed E-state index contributed by atoms with van der Waals surface area (Å²) in [4.78, 5) is 16.6. The molecule has 0 spiro atoms. The highest BCUT2D eigenvalue weighted by atomic mass is 16.5. The third-order valence-electron chi connectivity index (χ3n) is 3.80. The molecule has 0 unspecified atom stereocenters. The molecule has 6 heteroatoms. The molecule has 0 aliphatic rings. The first kappa shape index (κ1) is 17.7. The number of carbonyl (C=O) groups excluding carboxylic acids is 1. The monoisotopic (exact) mass is 351 g/mol. The van der Waals surface area contributed by atoms with Crippen LogP contribution >= 0.6 is 0 Å². The summed E-state index contributed by atoms with van der Waals surface area (Å²) >= 11 is 0. The molecule has 26 heavy (non-hydrogen) atoms. The van der Waals surface area contributed by atoms with Crippen molar-refractivity contribution in [2.24, 2.45) is 5.92 Å². The molecule has 0 aliphatic carbocycles. The molecule has 1 N–H and O–H groups in total. The standard InChI is InChI=1S/C20H21N3O3/c1-13(2)12-18(24)21-16-10-6-4-8-14(16)20-22-19(23-26-20)15-9-5-7-11-17(15)25-3/h4-11,13H,12H2,1-3H3,(H,21,24). The van der Waals surface area contributed by atoms with Crippen LogP contribution in [0.25, 0.3) is 22.8 Å². The van der Waals surface area contributed by atoms with E-state index in [0.29, 0.717) is 35.1 Å². The summed E-state index contributed by atoms with van der Waals surface area (Å²) in [5.41, 5.74) is 2.07. The van der Waals surface area contributed by atoms with Crippen molar-refractivity contribution in [2.75, 3.05) is 12.4 Å². The Morgan fingerprint density at radius 1 is 1.12 bits per heavy atom. The number of benzene rings is 2. The maximum absolute atomic E-state index is 12.1. The molecule has 3 aromatic rings. The number of rotatable bonds is 6. The number of carbonyl (C=O) groups is 1. The fourth-order valence-corrected chi connectivity index (χ4v) is 2.62. The number of aromatic nitrogens is 2. The van der Waals surface area contributed by atoms with Gasteiger partial charge in [-0.3, -0.25) is 4.79 Å². The molecule has 134 valence electrons.